The zero-order chi connectivity index (χ0) is 19.7. The molecule has 2 nitrogen and oxygen atoms in total. The Hall–Kier alpha value is -3.17. The van der Waals surface area contributed by atoms with Crippen LogP contribution in [0.3, 0.4) is 0 Å². The van der Waals surface area contributed by atoms with Crippen molar-refractivity contribution in [1.82, 2.24) is 0 Å². The van der Waals surface area contributed by atoms with Crippen LogP contribution in [0.15, 0.2) is 125 Å². The van der Waals surface area contributed by atoms with Gasteiger partial charge < -0.3 is 0 Å². The lowest BCUT2D eigenvalue weighted by Crippen LogP contribution is -2.47. The van der Waals surface area contributed by atoms with Crippen LogP contribution >= 0.6 is 12.6 Å². The van der Waals surface area contributed by atoms with Crippen molar-refractivity contribution in [2.45, 2.75) is 10.4 Å². The first-order valence-corrected chi connectivity index (χ1v) is 10.1. The summed E-state index contributed by atoms with van der Waals surface area (Å²) in [6.07, 6.45) is 0. The van der Waals surface area contributed by atoms with E-state index in [0.29, 0.717) is 0 Å². The smallest absolute Gasteiger partial charge is 0.213 e. The zero-order valence-corrected chi connectivity index (χ0v) is 16.7. The Morgan fingerprint density at radius 1 is 0.483 bits per heavy atom. The van der Waals surface area contributed by atoms with Crippen LogP contribution in [0.1, 0.15) is 16.7 Å². The van der Waals surface area contributed by atoms with Crippen molar-refractivity contribution in [2.24, 2.45) is 9.98 Å². The number of rotatable bonds is 4. The van der Waals surface area contributed by atoms with E-state index >= 15 is 0 Å². The molecular formula is C26H20N2S. The average molecular weight is 393 g/mol. The van der Waals surface area contributed by atoms with Gasteiger partial charge in [0.15, 0.2) is 0 Å². The third-order valence-electron chi connectivity index (χ3n) is 5.56. The van der Waals surface area contributed by atoms with Crippen LogP contribution in [0.2, 0.25) is 0 Å². The fraction of sp³-hybridized carbons (Fsp3) is 0.0769. The molecule has 4 aromatic rings. The molecular weight excluding hydrogens is 372 g/mol. The molecule has 0 aromatic heterocycles. The van der Waals surface area contributed by atoms with Gasteiger partial charge >= 0.3 is 0 Å². The Kier molecular flexibility index (Phi) is 4.33. The highest BCUT2D eigenvalue weighted by atomic mass is 32.1. The van der Waals surface area contributed by atoms with Crippen LogP contribution in [0, 0.1) is 0 Å². The molecule has 0 atom stereocenters. The van der Waals surface area contributed by atoms with Crippen LogP contribution in [0.5, 0.6) is 0 Å². The monoisotopic (exact) mass is 392 g/mol. The molecule has 0 fully saturated rings. The highest BCUT2D eigenvalue weighted by molar-refractivity contribution is 7.81. The van der Waals surface area contributed by atoms with E-state index in [1.54, 1.807) is 0 Å². The van der Waals surface area contributed by atoms with Gasteiger partial charge in [-0.05, 0) is 28.8 Å². The summed E-state index contributed by atoms with van der Waals surface area (Å²) >= 11 is 5.21. The van der Waals surface area contributed by atoms with E-state index in [9.17, 15) is 0 Å². The predicted octanol–water partition coefficient (Wildman–Crippen LogP) is 4.56. The molecule has 0 spiro atoms. The van der Waals surface area contributed by atoms with E-state index < -0.39 is 10.4 Å². The van der Waals surface area contributed by atoms with Gasteiger partial charge in [0.05, 0.1) is 10.7 Å². The summed E-state index contributed by atoms with van der Waals surface area (Å²) in [7, 11) is 0. The summed E-state index contributed by atoms with van der Waals surface area (Å²) in [5.41, 5.74) is 2.62. The van der Waals surface area contributed by atoms with Crippen molar-refractivity contribution in [3.05, 3.63) is 143 Å². The maximum Gasteiger partial charge on any atom is 0.213 e. The van der Waals surface area contributed by atoms with E-state index in [-0.39, 0.29) is 0 Å². The topological polar surface area (TPSA) is 24.7 Å². The average Bonchev–Trinajstić information content (AvgIpc) is 3.14. The molecule has 0 saturated heterocycles. The number of thiol groups is 1. The van der Waals surface area contributed by atoms with E-state index in [4.69, 9.17) is 22.6 Å². The van der Waals surface area contributed by atoms with Crippen molar-refractivity contribution < 1.29 is 0 Å². The van der Waals surface area contributed by atoms with Crippen LogP contribution in [0.4, 0.5) is 0 Å². The third-order valence-corrected chi connectivity index (χ3v) is 6.09. The van der Waals surface area contributed by atoms with Gasteiger partial charge in [-0.3, -0.25) is 0 Å². The molecule has 4 aromatic carbocycles. The molecule has 1 aliphatic heterocycles. The fourth-order valence-electron chi connectivity index (χ4n) is 4.33. The minimum Gasteiger partial charge on any atom is -0.242 e. The largest absolute Gasteiger partial charge is 0.242 e. The van der Waals surface area contributed by atoms with Gasteiger partial charge in [-0.15, -0.1) is 12.6 Å². The number of hydrogen-bond donors (Lipinski definition) is 1. The van der Waals surface area contributed by atoms with Crippen molar-refractivity contribution in [1.29, 1.82) is 0 Å². The van der Waals surface area contributed by atoms with Crippen molar-refractivity contribution in [3.63, 3.8) is 0 Å². The molecule has 0 amide bonds. The first-order chi connectivity index (χ1) is 14.2. The number of fused-ring (bicyclic) bond motifs is 1. The molecule has 1 aliphatic rings. The van der Waals surface area contributed by atoms with Gasteiger partial charge in [0.2, 0.25) is 4.99 Å². The van der Waals surface area contributed by atoms with E-state index in [0.717, 1.165) is 27.4 Å². The molecule has 0 bridgehead atoms. The Labute approximate surface area is 175 Å². The van der Waals surface area contributed by atoms with E-state index in [1.165, 1.54) is 0 Å². The second-order valence-electron chi connectivity index (χ2n) is 7.20. The maximum absolute atomic E-state index is 5.21. The van der Waals surface area contributed by atoms with E-state index in [1.807, 2.05) is 42.5 Å². The molecule has 140 valence electrons. The summed E-state index contributed by atoms with van der Waals surface area (Å²) in [5.74, 6) is 0. The number of hydrogen-bond acceptors (Lipinski definition) is 3. The third kappa shape index (κ3) is 2.73. The molecule has 1 heterocycles. The lowest BCUT2D eigenvalue weighted by Gasteiger charge is -2.43. The summed E-state index contributed by atoms with van der Waals surface area (Å²) in [5, 5.41) is 1.74. The summed E-state index contributed by atoms with van der Waals surface area (Å²) < 4.78 is 0. The Morgan fingerprint density at radius 2 is 0.793 bits per heavy atom. The highest BCUT2D eigenvalue weighted by Gasteiger charge is 2.54. The molecule has 0 unspecified atom stereocenters. The highest BCUT2D eigenvalue weighted by Crippen LogP contribution is 2.52. The summed E-state index contributed by atoms with van der Waals surface area (Å²) in [6, 6.07) is 39.4. The minimum atomic E-state index is -1.03. The Bertz CT molecular complexity index is 1120. The van der Waals surface area contributed by atoms with Crippen molar-refractivity contribution in [3.8, 4) is 0 Å². The standard InChI is InChI=1S/C26H20N2S/c29-26(27-23-18-10-11-19-24(23)28-26)25(20-12-4-1-5-13-20,21-14-6-2-7-15-21)22-16-8-3-9-17-22/h1-19,29H. The van der Waals surface area contributed by atoms with Crippen molar-refractivity contribution >= 4 is 12.6 Å². The fourth-order valence-corrected chi connectivity index (χ4v) is 4.93. The van der Waals surface area contributed by atoms with Gasteiger partial charge in [0, 0.05) is 0 Å². The van der Waals surface area contributed by atoms with Crippen molar-refractivity contribution in [2.75, 3.05) is 0 Å². The number of para-hydroxylation sites is 2. The second kappa shape index (κ2) is 7.02. The molecule has 0 N–H and O–H groups in total. The lowest BCUT2D eigenvalue weighted by molar-refractivity contribution is 0.449. The summed E-state index contributed by atoms with van der Waals surface area (Å²) in [6.45, 7) is 0. The van der Waals surface area contributed by atoms with Gasteiger partial charge in [-0.2, -0.15) is 0 Å². The van der Waals surface area contributed by atoms with Crippen LogP contribution < -0.4 is 10.7 Å². The van der Waals surface area contributed by atoms with Crippen LogP contribution in [-0.2, 0) is 5.41 Å². The predicted molar refractivity (Wildman–Crippen MR) is 120 cm³/mol. The van der Waals surface area contributed by atoms with Gasteiger partial charge in [0.25, 0.3) is 0 Å². The summed E-state index contributed by atoms with van der Waals surface area (Å²) in [4.78, 5) is 9.14. The van der Waals surface area contributed by atoms with Gasteiger partial charge in [0.1, 0.15) is 5.41 Å². The first kappa shape index (κ1) is 17.9. The van der Waals surface area contributed by atoms with E-state index in [2.05, 4.69) is 72.8 Å². The molecule has 3 heteroatoms. The molecule has 0 radical (unpaired) electrons. The minimum absolute atomic E-state index is 0.696. The quantitative estimate of drug-likeness (QED) is 0.389. The Balaban J connectivity index is 1.94. The number of nitrogens with zero attached hydrogens (tertiary/aromatic N) is 2. The normalized spacial score (nSPS) is 14.5. The SMILES string of the molecule is SC1(C(c2ccccc2)(c2ccccc2)c2ccccc2)N=c2ccccc2=N1. The Morgan fingerprint density at radius 3 is 1.14 bits per heavy atom. The molecule has 0 aliphatic carbocycles. The maximum atomic E-state index is 5.21. The second-order valence-corrected chi connectivity index (χ2v) is 7.82. The molecule has 29 heavy (non-hydrogen) atoms. The zero-order valence-electron chi connectivity index (χ0n) is 15.8. The van der Waals surface area contributed by atoms with Crippen LogP contribution in [0.25, 0.3) is 0 Å². The number of benzene rings is 4. The van der Waals surface area contributed by atoms with Crippen LogP contribution in [-0.4, -0.2) is 4.99 Å². The molecule has 5 rings (SSSR count). The van der Waals surface area contributed by atoms with Gasteiger partial charge in [-0.1, -0.05) is 103 Å². The molecule has 0 saturated carbocycles. The lowest BCUT2D eigenvalue weighted by atomic mass is 9.67. The first-order valence-electron chi connectivity index (χ1n) is 9.68. The van der Waals surface area contributed by atoms with Gasteiger partial charge in [-0.25, -0.2) is 9.98 Å².